The lowest BCUT2D eigenvalue weighted by atomic mass is 10.1. The van der Waals surface area contributed by atoms with E-state index >= 15 is 0 Å². The van der Waals surface area contributed by atoms with Gasteiger partial charge in [0, 0.05) is 0 Å². The first-order valence-electron chi connectivity index (χ1n) is 5.37. The molecule has 17 heavy (non-hydrogen) atoms. The zero-order valence-corrected chi connectivity index (χ0v) is 10.4. The van der Waals surface area contributed by atoms with E-state index < -0.39 is 0 Å². The van der Waals surface area contributed by atoms with E-state index in [1.165, 1.54) is 23.9 Å². The molecule has 3 nitrogen and oxygen atoms in total. The van der Waals surface area contributed by atoms with Gasteiger partial charge in [0.05, 0.1) is 11.3 Å². The highest BCUT2D eigenvalue weighted by atomic mass is 32.2. The van der Waals surface area contributed by atoms with Crippen LogP contribution >= 0.6 is 11.8 Å². The number of hydrogen-bond donors (Lipinski definition) is 1. The molecule has 1 aliphatic heterocycles. The second-order valence-electron chi connectivity index (χ2n) is 3.91. The van der Waals surface area contributed by atoms with E-state index in [-0.39, 0.29) is 23.0 Å². The van der Waals surface area contributed by atoms with Crippen LogP contribution in [0.25, 0.3) is 0 Å². The maximum atomic E-state index is 13.0. The first-order chi connectivity index (χ1) is 8.06. The molecular weight excluding hydrogens is 239 g/mol. The Morgan fingerprint density at radius 1 is 1.53 bits per heavy atom. The molecule has 0 aliphatic carbocycles. The monoisotopic (exact) mass is 252 g/mol. The van der Waals surface area contributed by atoms with E-state index in [0.717, 1.165) is 5.56 Å². The maximum absolute atomic E-state index is 13.0. The van der Waals surface area contributed by atoms with Crippen molar-refractivity contribution in [1.82, 2.24) is 5.32 Å². The Kier molecular flexibility index (Phi) is 3.47. The maximum Gasteiger partial charge on any atom is 0.239 e. The zero-order valence-electron chi connectivity index (χ0n) is 9.61. The van der Waals surface area contributed by atoms with Crippen LogP contribution in [0.1, 0.15) is 25.5 Å². The van der Waals surface area contributed by atoms with Crippen molar-refractivity contribution in [2.75, 3.05) is 0 Å². The van der Waals surface area contributed by atoms with E-state index in [2.05, 4.69) is 10.3 Å². The highest BCUT2D eigenvalue weighted by Gasteiger charge is 2.26. The van der Waals surface area contributed by atoms with Gasteiger partial charge >= 0.3 is 0 Å². The van der Waals surface area contributed by atoms with E-state index in [4.69, 9.17) is 0 Å². The summed E-state index contributed by atoms with van der Waals surface area (Å²) in [5, 5.41) is 3.21. The normalized spacial score (nSPS) is 23.8. The topological polar surface area (TPSA) is 41.5 Å². The van der Waals surface area contributed by atoms with Crippen LogP contribution in [0.15, 0.2) is 29.3 Å². The van der Waals surface area contributed by atoms with Crippen molar-refractivity contribution in [3.63, 3.8) is 0 Å². The number of thioether (sulfide) groups is 1. The van der Waals surface area contributed by atoms with Gasteiger partial charge in [0.1, 0.15) is 5.82 Å². The van der Waals surface area contributed by atoms with Crippen molar-refractivity contribution in [2.45, 2.75) is 25.1 Å². The third-order valence-corrected chi connectivity index (χ3v) is 3.53. The van der Waals surface area contributed by atoms with Crippen LogP contribution in [0.3, 0.4) is 0 Å². The van der Waals surface area contributed by atoms with E-state index in [1.807, 2.05) is 19.9 Å². The van der Waals surface area contributed by atoms with Crippen molar-refractivity contribution in [3.05, 3.63) is 35.6 Å². The summed E-state index contributed by atoms with van der Waals surface area (Å²) in [7, 11) is 0. The van der Waals surface area contributed by atoms with E-state index in [0.29, 0.717) is 5.17 Å². The van der Waals surface area contributed by atoms with E-state index in [9.17, 15) is 9.18 Å². The predicted octanol–water partition coefficient (Wildman–Crippen LogP) is 2.49. The van der Waals surface area contributed by atoms with Gasteiger partial charge in [-0.05, 0) is 31.5 Å². The standard InChI is InChI=1S/C12H13FN2OS/c1-7(9-4-3-5-10(13)6-9)14-12-15-11(16)8(2)17-12/h3-8H,1-2H3,(H,14,15,16)/t7-,8?/m0/s1. The lowest BCUT2D eigenvalue weighted by Gasteiger charge is -2.07. The predicted molar refractivity (Wildman–Crippen MR) is 67.4 cm³/mol. The summed E-state index contributed by atoms with van der Waals surface area (Å²) in [4.78, 5) is 15.7. The number of amidine groups is 1. The molecule has 1 aliphatic rings. The minimum absolute atomic E-state index is 0.0276. The summed E-state index contributed by atoms with van der Waals surface area (Å²) in [6.07, 6.45) is 0. The van der Waals surface area contributed by atoms with Gasteiger partial charge in [-0.3, -0.25) is 9.79 Å². The Morgan fingerprint density at radius 3 is 2.88 bits per heavy atom. The van der Waals surface area contributed by atoms with Gasteiger partial charge in [0.25, 0.3) is 0 Å². The molecule has 2 atom stereocenters. The molecule has 1 N–H and O–H groups in total. The number of carbonyl (C=O) groups is 1. The first kappa shape index (κ1) is 12.1. The van der Waals surface area contributed by atoms with Crippen molar-refractivity contribution in [1.29, 1.82) is 0 Å². The largest absolute Gasteiger partial charge is 0.304 e. The van der Waals surface area contributed by atoms with Crippen molar-refractivity contribution in [2.24, 2.45) is 4.99 Å². The molecule has 0 bridgehead atoms. The number of carbonyl (C=O) groups excluding carboxylic acids is 1. The second-order valence-corrected chi connectivity index (χ2v) is 5.24. The number of amides is 1. The number of aliphatic imine (C=N–C) groups is 1. The van der Waals surface area contributed by atoms with Gasteiger partial charge < -0.3 is 5.32 Å². The summed E-state index contributed by atoms with van der Waals surface area (Å²) in [5.41, 5.74) is 0.798. The fourth-order valence-corrected chi connectivity index (χ4v) is 2.42. The summed E-state index contributed by atoms with van der Waals surface area (Å²) in [6, 6.07) is 6.17. The Hall–Kier alpha value is -1.36. The second kappa shape index (κ2) is 4.87. The minimum atomic E-state index is -0.272. The highest BCUT2D eigenvalue weighted by molar-refractivity contribution is 8.15. The van der Waals surface area contributed by atoms with Gasteiger partial charge in [-0.25, -0.2) is 4.39 Å². The Balaban J connectivity index is 2.14. The fourth-order valence-electron chi connectivity index (χ4n) is 1.54. The molecular formula is C12H13FN2OS. The molecule has 1 heterocycles. The van der Waals surface area contributed by atoms with Crippen LogP contribution in [-0.4, -0.2) is 16.3 Å². The third kappa shape index (κ3) is 2.85. The van der Waals surface area contributed by atoms with Gasteiger partial charge in [0.15, 0.2) is 5.17 Å². The molecule has 0 spiro atoms. The molecule has 1 amide bonds. The molecule has 5 heteroatoms. The SMILES string of the molecule is CC1SC(=N[C@@H](C)c2cccc(F)c2)NC1=O. The Morgan fingerprint density at radius 2 is 2.29 bits per heavy atom. The summed E-state index contributed by atoms with van der Waals surface area (Å²) in [6.45, 7) is 3.70. The molecule has 90 valence electrons. The molecule has 1 aromatic carbocycles. The molecule has 1 fully saturated rings. The minimum Gasteiger partial charge on any atom is -0.304 e. The van der Waals surface area contributed by atoms with Crippen LogP contribution in [0.2, 0.25) is 0 Å². The van der Waals surface area contributed by atoms with Crippen LogP contribution in [0.4, 0.5) is 4.39 Å². The summed E-state index contributed by atoms with van der Waals surface area (Å²) in [5.74, 6) is -0.300. The van der Waals surface area contributed by atoms with Crippen LogP contribution in [0.5, 0.6) is 0 Å². The fraction of sp³-hybridized carbons (Fsp3) is 0.333. The number of nitrogens with one attached hydrogen (secondary N) is 1. The van der Waals surface area contributed by atoms with Gasteiger partial charge in [0.2, 0.25) is 5.91 Å². The molecule has 1 unspecified atom stereocenters. The molecule has 0 aromatic heterocycles. The number of halogens is 1. The smallest absolute Gasteiger partial charge is 0.239 e. The van der Waals surface area contributed by atoms with Crippen LogP contribution in [0, 0.1) is 5.82 Å². The first-order valence-corrected chi connectivity index (χ1v) is 6.25. The molecule has 2 rings (SSSR count). The van der Waals surface area contributed by atoms with Crippen LogP contribution in [-0.2, 0) is 4.79 Å². The van der Waals surface area contributed by atoms with Crippen LogP contribution < -0.4 is 5.32 Å². The molecule has 1 aromatic rings. The summed E-state index contributed by atoms with van der Waals surface area (Å²) >= 11 is 1.40. The average Bonchev–Trinajstić information content (AvgIpc) is 2.58. The number of hydrogen-bond acceptors (Lipinski definition) is 3. The molecule has 0 radical (unpaired) electrons. The van der Waals surface area contributed by atoms with Crippen molar-refractivity contribution < 1.29 is 9.18 Å². The average molecular weight is 252 g/mol. The molecule has 1 saturated heterocycles. The Labute approximate surface area is 104 Å². The van der Waals surface area contributed by atoms with Gasteiger partial charge in [-0.15, -0.1) is 0 Å². The van der Waals surface area contributed by atoms with E-state index in [1.54, 1.807) is 6.07 Å². The van der Waals surface area contributed by atoms with Crippen molar-refractivity contribution >= 4 is 22.8 Å². The zero-order chi connectivity index (χ0) is 12.4. The lowest BCUT2D eigenvalue weighted by Crippen LogP contribution is -2.23. The third-order valence-electron chi connectivity index (χ3n) is 2.53. The summed E-state index contributed by atoms with van der Waals surface area (Å²) < 4.78 is 13.0. The highest BCUT2D eigenvalue weighted by Crippen LogP contribution is 2.23. The number of nitrogens with zero attached hydrogens (tertiary/aromatic N) is 1. The van der Waals surface area contributed by atoms with Crippen molar-refractivity contribution in [3.8, 4) is 0 Å². The van der Waals surface area contributed by atoms with Gasteiger partial charge in [-0.1, -0.05) is 23.9 Å². The van der Waals surface area contributed by atoms with Gasteiger partial charge in [-0.2, -0.15) is 0 Å². The quantitative estimate of drug-likeness (QED) is 0.878. The number of benzene rings is 1. The molecule has 0 saturated carbocycles. The Bertz CT molecular complexity index is 475. The lowest BCUT2D eigenvalue weighted by molar-refractivity contribution is -0.118. The number of rotatable bonds is 2.